The first-order valence-corrected chi connectivity index (χ1v) is 8.89. The maximum atomic E-state index is 11.6. The van der Waals surface area contributed by atoms with Gasteiger partial charge in [-0.25, -0.2) is 20.4 Å². The molecule has 2 amide bonds. The van der Waals surface area contributed by atoms with E-state index in [0.717, 1.165) is 12.8 Å². The van der Waals surface area contributed by atoms with Gasteiger partial charge in [-0.05, 0) is 49.4 Å². The Labute approximate surface area is 141 Å². The maximum absolute atomic E-state index is 11.6. The minimum atomic E-state index is -0.637. The summed E-state index contributed by atoms with van der Waals surface area (Å²) in [5.74, 6) is 3.20. The van der Waals surface area contributed by atoms with E-state index in [1.54, 1.807) is 0 Å². The third-order valence-electron chi connectivity index (χ3n) is 5.96. The van der Waals surface area contributed by atoms with Crippen molar-refractivity contribution >= 4 is 12.2 Å². The Bertz CT molecular complexity index is 523. The van der Waals surface area contributed by atoms with Gasteiger partial charge in [0.05, 0.1) is 13.2 Å². The van der Waals surface area contributed by atoms with Gasteiger partial charge in [0.2, 0.25) is 0 Å². The topological polar surface area (TPSA) is 76.7 Å². The van der Waals surface area contributed by atoms with Crippen LogP contribution in [0.5, 0.6) is 0 Å². The fourth-order valence-corrected chi connectivity index (χ4v) is 4.71. The number of hydrogen-bond donors (Lipinski definition) is 2. The number of hydrogen-bond acceptors (Lipinski definition) is 4. The molecule has 2 N–H and O–H groups in total. The van der Waals surface area contributed by atoms with Crippen LogP contribution in [0.2, 0.25) is 0 Å². The van der Waals surface area contributed by atoms with Crippen LogP contribution in [0.3, 0.4) is 0 Å². The molecule has 6 nitrogen and oxygen atoms in total. The zero-order valence-corrected chi connectivity index (χ0v) is 13.6. The van der Waals surface area contributed by atoms with Crippen molar-refractivity contribution in [1.82, 2.24) is 10.9 Å². The van der Waals surface area contributed by atoms with Crippen LogP contribution in [0.15, 0.2) is 24.3 Å². The normalized spacial score (nSPS) is 37.7. The molecule has 6 unspecified atom stereocenters. The van der Waals surface area contributed by atoms with E-state index in [1.807, 2.05) is 0 Å². The fraction of sp³-hybridized carbons (Fsp3) is 0.667. The van der Waals surface area contributed by atoms with Gasteiger partial charge in [0, 0.05) is 11.8 Å². The zero-order chi connectivity index (χ0) is 16.5. The van der Waals surface area contributed by atoms with Gasteiger partial charge < -0.3 is 9.47 Å². The Morgan fingerprint density at radius 1 is 0.750 bits per heavy atom. The third kappa shape index (κ3) is 3.28. The Morgan fingerprint density at radius 2 is 1.21 bits per heavy atom. The predicted octanol–water partition coefficient (Wildman–Crippen LogP) is 2.78. The van der Waals surface area contributed by atoms with Gasteiger partial charge in [-0.3, -0.25) is 0 Å². The molecule has 0 aromatic heterocycles. The first-order valence-electron chi connectivity index (χ1n) is 8.89. The monoisotopic (exact) mass is 332 g/mol. The highest BCUT2D eigenvalue weighted by atomic mass is 16.6. The van der Waals surface area contributed by atoms with Crippen LogP contribution in [-0.2, 0) is 9.47 Å². The largest absolute Gasteiger partial charge is 0.448 e. The molecule has 0 radical (unpaired) electrons. The van der Waals surface area contributed by atoms with E-state index >= 15 is 0 Å². The number of carbonyl (C=O) groups excluding carboxylic acids is 2. The number of carbonyl (C=O) groups is 2. The van der Waals surface area contributed by atoms with E-state index in [4.69, 9.17) is 9.47 Å². The van der Waals surface area contributed by atoms with Gasteiger partial charge in [-0.15, -0.1) is 0 Å². The molecule has 2 saturated carbocycles. The maximum Gasteiger partial charge on any atom is 0.426 e. The van der Waals surface area contributed by atoms with Crippen LogP contribution in [-0.4, -0.2) is 25.4 Å². The molecule has 0 aliphatic heterocycles. The molecule has 4 rings (SSSR count). The van der Waals surface area contributed by atoms with Crippen molar-refractivity contribution < 1.29 is 19.1 Å². The fourth-order valence-electron chi connectivity index (χ4n) is 4.71. The lowest BCUT2D eigenvalue weighted by atomic mass is 9.95. The van der Waals surface area contributed by atoms with Crippen molar-refractivity contribution in [2.75, 3.05) is 13.2 Å². The molecule has 24 heavy (non-hydrogen) atoms. The van der Waals surface area contributed by atoms with Gasteiger partial charge in [-0.1, -0.05) is 24.3 Å². The van der Waals surface area contributed by atoms with Gasteiger partial charge in [0.1, 0.15) is 0 Å². The molecule has 0 saturated heterocycles. The Balaban J connectivity index is 1.09. The van der Waals surface area contributed by atoms with E-state index in [2.05, 4.69) is 35.2 Å². The molecule has 0 heterocycles. The summed E-state index contributed by atoms with van der Waals surface area (Å²) < 4.78 is 10.4. The molecule has 2 fully saturated rings. The number of nitrogens with one attached hydrogen (secondary N) is 2. The van der Waals surface area contributed by atoms with Crippen LogP contribution in [0.1, 0.15) is 25.7 Å². The van der Waals surface area contributed by atoms with Crippen LogP contribution in [0.25, 0.3) is 0 Å². The first-order chi connectivity index (χ1) is 11.7. The average molecular weight is 332 g/mol. The van der Waals surface area contributed by atoms with Gasteiger partial charge >= 0.3 is 12.2 Å². The molecule has 130 valence electrons. The summed E-state index contributed by atoms with van der Waals surface area (Å²) in [5.41, 5.74) is 4.48. The highest BCUT2D eigenvalue weighted by Crippen LogP contribution is 2.44. The highest BCUT2D eigenvalue weighted by molar-refractivity contribution is 5.73. The van der Waals surface area contributed by atoms with Crippen molar-refractivity contribution in [1.29, 1.82) is 0 Å². The molecular weight excluding hydrogens is 308 g/mol. The second-order valence-electron chi connectivity index (χ2n) is 7.53. The molecular formula is C18H24N2O4. The summed E-state index contributed by atoms with van der Waals surface area (Å²) in [4.78, 5) is 23.3. The van der Waals surface area contributed by atoms with E-state index in [0.29, 0.717) is 48.7 Å². The summed E-state index contributed by atoms with van der Waals surface area (Å²) >= 11 is 0. The van der Waals surface area contributed by atoms with Crippen molar-refractivity contribution in [2.45, 2.75) is 25.7 Å². The SMILES string of the molecule is O=C(NNC(=O)OCC1CC2C=CC1C2)OCC1CC2C=CC1C2. The lowest BCUT2D eigenvalue weighted by Gasteiger charge is -2.19. The third-order valence-corrected chi connectivity index (χ3v) is 5.96. The molecule has 6 heteroatoms. The zero-order valence-electron chi connectivity index (χ0n) is 13.6. The lowest BCUT2D eigenvalue weighted by Crippen LogP contribution is -2.43. The number of fused-ring (bicyclic) bond motifs is 4. The number of rotatable bonds is 4. The molecule has 0 aromatic rings. The van der Waals surface area contributed by atoms with E-state index < -0.39 is 12.2 Å². The van der Waals surface area contributed by atoms with Crippen molar-refractivity contribution in [3.05, 3.63) is 24.3 Å². The van der Waals surface area contributed by atoms with Crippen molar-refractivity contribution in [3.8, 4) is 0 Å². The molecule has 0 spiro atoms. The number of hydrazine groups is 1. The first kappa shape index (κ1) is 15.5. The van der Waals surface area contributed by atoms with Crippen LogP contribution in [0, 0.1) is 35.5 Å². The lowest BCUT2D eigenvalue weighted by molar-refractivity contribution is 0.101. The molecule has 4 bridgehead atoms. The van der Waals surface area contributed by atoms with Gasteiger partial charge in [0.15, 0.2) is 0 Å². The second-order valence-corrected chi connectivity index (χ2v) is 7.53. The van der Waals surface area contributed by atoms with E-state index in [9.17, 15) is 9.59 Å². The van der Waals surface area contributed by atoms with E-state index in [-0.39, 0.29) is 0 Å². The van der Waals surface area contributed by atoms with Crippen LogP contribution in [0.4, 0.5) is 9.59 Å². The summed E-state index contributed by atoms with van der Waals surface area (Å²) in [6.45, 7) is 0.789. The Kier molecular flexibility index (Phi) is 4.21. The van der Waals surface area contributed by atoms with Crippen LogP contribution >= 0.6 is 0 Å². The predicted molar refractivity (Wildman–Crippen MR) is 86.7 cm³/mol. The van der Waals surface area contributed by atoms with E-state index in [1.165, 1.54) is 12.8 Å². The number of ether oxygens (including phenoxy) is 2. The van der Waals surface area contributed by atoms with Crippen LogP contribution < -0.4 is 10.9 Å². The summed E-state index contributed by atoms with van der Waals surface area (Å²) in [5, 5.41) is 0. The summed E-state index contributed by atoms with van der Waals surface area (Å²) in [6.07, 6.45) is 12.2. The van der Waals surface area contributed by atoms with Gasteiger partial charge in [0.25, 0.3) is 0 Å². The molecule has 6 atom stereocenters. The highest BCUT2D eigenvalue weighted by Gasteiger charge is 2.37. The van der Waals surface area contributed by atoms with Crippen molar-refractivity contribution in [3.63, 3.8) is 0 Å². The Hall–Kier alpha value is -1.98. The quantitative estimate of drug-likeness (QED) is 0.613. The average Bonchev–Trinajstić information content (AvgIpc) is 3.36. The Morgan fingerprint density at radius 3 is 1.54 bits per heavy atom. The number of allylic oxidation sites excluding steroid dienone is 4. The summed E-state index contributed by atoms with van der Waals surface area (Å²) in [6, 6.07) is 0. The van der Waals surface area contributed by atoms with Gasteiger partial charge in [-0.2, -0.15) is 0 Å². The minimum absolute atomic E-state index is 0.394. The summed E-state index contributed by atoms with van der Waals surface area (Å²) in [7, 11) is 0. The van der Waals surface area contributed by atoms with Crippen molar-refractivity contribution in [2.24, 2.45) is 35.5 Å². The molecule has 0 aromatic carbocycles. The standard InChI is InChI=1S/C18H24N2O4/c21-17(23-9-15-7-11-1-3-13(15)5-11)19-20-18(22)24-10-16-8-12-2-4-14(16)6-12/h1-4,11-16H,5-10H2,(H,19,21)(H,20,22). The smallest absolute Gasteiger partial charge is 0.426 e. The number of amides is 2. The second kappa shape index (κ2) is 6.49. The molecule has 4 aliphatic rings. The molecule has 4 aliphatic carbocycles. The minimum Gasteiger partial charge on any atom is -0.448 e.